The summed E-state index contributed by atoms with van der Waals surface area (Å²) in [5.74, 6) is -0.697. The molecule has 0 spiro atoms. The fourth-order valence-corrected chi connectivity index (χ4v) is 1.81. The molecule has 0 saturated heterocycles. The number of rotatable bonds is 4. The number of hydrogen-bond donors (Lipinski definition) is 2. The Labute approximate surface area is 121 Å². The van der Waals surface area contributed by atoms with Gasteiger partial charge < -0.3 is 24.6 Å². The van der Waals surface area contributed by atoms with E-state index in [1.807, 2.05) is 20.8 Å². The van der Waals surface area contributed by atoms with E-state index in [0.717, 1.165) is 0 Å². The Morgan fingerprint density at radius 3 is 2.48 bits per heavy atom. The smallest absolute Gasteiger partial charge is 0.339 e. The van der Waals surface area contributed by atoms with Crippen LogP contribution in [0.25, 0.3) is 0 Å². The normalized spacial score (nSPS) is 12.9. The lowest BCUT2D eigenvalue weighted by molar-refractivity contribution is -0.124. The van der Waals surface area contributed by atoms with Crippen molar-refractivity contribution in [3.8, 4) is 17.2 Å². The van der Waals surface area contributed by atoms with Crippen LogP contribution in [-0.4, -0.2) is 35.9 Å². The molecule has 0 saturated carbocycles. The molecule has 0 aromatic heterocycles. The van der Waals surface area contributed by atoms with Gasteiger partial charge >= 0.3 is 5.97 Å². The van der Waals surface area contributed by atoms with E-state index in [1.54, 1.807) is 0 Å². The van der Waals surface area contributed by atoms with Crippen molar-refractivity contribution < 1.29 is 28.9 Å². The SMILES string of the molecule is CC(C)(C)NC(=O)COc1cc2c(cc1C(=O)O)OCO2. The zero-order chi connectivity index (χ0) is 15.6. The quantitative estimate of drug-likeness (QED) is 0.872. The van der Waals surface area contributed by atoms with Crippen LogP contribution in [-0.2, 0) is 4.79 Å². The summed E-state index contributed by atoms with van der Waals surface area (Å²) < 4.78 is 15.6. The molecule has 7 heteroatoms. The molecular formula is C14H17NO6. The van der Waals surface area contributed by atoms with E-state index in [1.165, 1.54) is 12.1 Å². The highest BCUT2D eigenvalue weighted by molar-refractivity contribution is 5.92. The number of carbonyl (C=O) groups excluding carboxylic acids is 1. The Hall–Kier alpha value is -2.44. The van der Waals surface area contributed by atoms with Crippen LogP contribution in [0.2, 0.25) is 0 Å². The van der Waals surface area contributed by atoms with E-state index in [4.69, 9.17) is 14.2 Å². The van der Waals surface area contributed by atoms with E-state index in [9.17, 15) is 14.7 Å². The largest absolute Gasteiger partial charge is 0.483 e. The second-order valence-corrected chi connectivity index (χ2v) is 5.59. The van der Waals surface area contributed by atoms with Crippen molar-refractivity contribution in [2.75, 3.05) is 13.4 Å². The first-order chi connectivity index (χ1) is 9.76. The van der Waals surface area contributed by atoms with Crippen LogP contribution >= 0.6 is 0 Å². The third-order valence-electron chi connectivity index (χ3n) is 2.58. The Kier molecular flexibility index (Phi) is 3.93. The molecule has 0 atom stereocenters. The molecular weight excluding hydrogens is 278 g/mol. The number of nitrogens with one attached hydrogen (secondary N) is 1. The Morgan fingerprint density at radius 1 is 1.29 bits per heavy atom. The molecule has 7 nitrogen and oxygen atoms in total. The predicted molar refractivity (Wildman–Crippen MR) is 72.9 cm³/mol. The van der Waals surface area contributed by atoms with Gasteiger partial charge in [0, 0.05) is 17.7 Å². The van der Waals surface area contributed by atoms with Gasteiger partial charge in [-0.3, -0.25) is 4.79 Å². The van der Waals surface area contributed by atoms with E-state index >= 15 is 0 Å². The van der Waals surface area contributed by atoms with Gasteiger partial charge in [-0.15, -0.1) is 0 Å². The highest BCUT2D eigenvalue weighted by atomic mass is 16.7. The van der Waals surface area contributed by atoms with Crippen molar-refractivity contribution in [2.45, 2.75) is 26.3 Å². The minimum atomic E-state index is -1.17. The molecule has 0 bridgehead atoms. The fourth-order valence-electron chi connectivity index (χ4n) is 1.81. The highest BCUT2D eigenvalue weighted by Gasteiger charge is 2.22. The van der Waals surface area contributed by atoms with Gasteiger partial charge in [0.25, 0.3) is 5.91 Å². The number of benzene rings is 1. The summed E-state index contributed by atoms with van der Waals surface area (Å²) in [7, 11) is 0. The number of amides is 1. The molecule has 1 aromatic carbocycles. The maximum absolute atomic E-state index is 11.7. The van der Waals surface area contributed by atoms with Gasteiger partial charge in [-0.25, -0.2) is 4.79 Å². The van der Waals surface area contributed by atoms with Crippen molar-refractivity contribution >= 4 is 11.9 Å². The molecule has 1 aliphatic rings. The standard InChI is InChI=1S/C14H17NO6/c1-14(2,3)15-12(16)6-19-9-5-11-10(20-7-21-11)4-8(9)13(17)18/h4-5H,6-7H2,1-3H3,(H,15,16)(H,17,18). The number of ether oxygens (including phenoxy) is 3. The van der Waals surface area contributed by atoms with Gasteiger partial charge in [0.15, 0.2) is 18.1 Å². The van der Waals surface area contributed by atoms with Gasteiger partial charge in [0.1, 0.15) is 11.3 Å². The van der Waals surface area contributed by atoms with Crippen LogP contribution in [0.3, 0.4) is 0 Å². The summed E-state index contributed by atoms with van der Waals surface area (Å²) in [4.78, 5) is 22.9. The van der Waals surface area contributed by atoms with Crippen LogP contribution in [0.5, 0.6) is 17.2 Å². The number of carboxylic acid groups (broad SMARTS) is 1. The molecule has 0 unspecified atom stereocenters. The Balaban J connectivity index is 2.12. The molecule has 1 aliphatic heterocycles. The van der Waals surface area contributed by atoms with E-state index in [-0.39, 0.29) is 36.2 Å². The molecule has 1 aromatic rings. The van der Waals surface area contributed by atoms with Crippen molar-refractivity contribution in [3.05, 3.63) is 17.7 Å². The van der Waals surface area contributed by atoms with Gasteiger partial charge in [0.2, 0.25) is 6.79 Å². The summed E-state index contributed by atoms with van der Waals surface area (Å²) in [6.45, 7) is 5.27. The van der Waals surface area contributed by atoms with Crippen LogP contribution in [0.4, 0.5) is 0 Å². The fraction of sp³-hybridized carbons (Fsp3) is 0.429. The highest BCUT2D eigenvalue weighted by Crippen LogP contribution is 2.38. The number of carbonyl (C=O) groups is 2. The molecule has 21 heavy (non-hydrogen) atoms. The van der Waals surface area contributed by atoms with Gasteiger partial charge in [-0.05, 0) is 20.8 Å². The maximum atomic E-state index is 11.7. The van der Waals surface area contributed by atoms with Crippen LogP contribution in [0, 0.1) is 0 Å². The lowest BCUT2D eigenvalue weighted by atomic mass is 10.1. The van der Waals surface area contributed by atoms with Gasteiger partial charge in [-0.2, -0.15) is 0 Å². The lowest BCUT2D eigenvalue weighted by Crippen LogP contribution is -2.43. The number of aromatic carboxylic acids is 1. The molecule has 2 N–H and O–H groups in total. The minimum absolute atomic E-state index is 0.0301. The first kappa shape index (κ1) is 15.0. The monoisotopic (exact) mass is 295 g/mol. The van der Waals surface area contributed by atoms with E-state index in [0.29, 0.717) is 11.5 Å². The Morgan fingerprint density at radius 2 is 1.90 bits per heavy atom. The topological polar surface area (TPSA) is 94.1 Å². The van der Waals surface area contributed by atoms with Crippen molar-refractivity contribution in [1.29, 1.82) is 0 Å². The summed E-state index contributed by atoms with van der Waals surface area (Å²) in [6, 6.07) is 2.73. The van der Waals surface area contributed by atoms with Crippen molar-refractivity contribution in [1.82, 2.24) is 5.32 Å². The summed E-state index contributed by atoms with van der Waals surface area (Å²) in [6.07, 6.45) is 0. The first-order valence-electron chi connectivity index (χ1n) is 6.37. The van der Waals surface area contributed by atoms with Crippen LogP contribution in [0.15, 0.2) is 12.1 Å². The number of hydrogen-bond acceptors (Lipinski definition) is 5. The number of fused-ring (bicyclic) bond motifs is 1. The van der Waals surface area contributed by atoms with E-state index in [2.05, 4.69) is 5.32 Å². The summed E-state index contributed by atoms with van der Waals surface area (Å²) >= 11 is 0. The van der Waals surface area contributed by atoms with Crippen LogP contribution < -0.4 is 19.5 Å². The molecule has 114 valence electrons. The van der Waals surface area contributed by atoms with Crippen molar-refractivity contribution in [2.24, 2.45) is 0 Å². The average Bonchev–Trinajstić information content (AvgIpc) is 2.79. The summed E-state index contributed by atoms with van der Waals surface area (Å²) in [5.41, 5.74) is -0.465. The van der Waals surface area contributed by atoms with E-state index < -0.39 is 5.97 Å². The molecule has 1 heterocycles. The second-order valence-electron chi connectivity index (χ2n) is 5.59. The molecule has 2 rings (SSSR count). The van der Waals surface area contributed by atoms with Gasteiger partial charge in [-0.1, -0.05) is 0 Å². The third kappa shape index (κ3) is 3.77. The first-order valence-corrected chi connectivity index (χ1v) is 6.37. The zero-order valence-corrected chi connectivity index (χ0v) is 12.1. The average molecular weight is 295 g/mol. The second kappa shape index (κ2) is 5.51. The predicted octanol–water partition coefficient (Wildman–Crippen LogP) is 1.41. The van der Waals surface area contributed by atoms with Crippen molar-refractivity contribution in [3.63, 3.8) is 0 Å². The molecule has 0 radical (unpaired) electrons. The van der Waals surface area contributed by atoms with Crippen LogP contribution in [0.1, 0.15) is 31.1 Å². The third-order valence-corrected chi connectivity index (χ3v) is 2.58. The lowest BCUT2D eigenvalue weighted by Gasteiger charge is -2.20. The van der Waals surface area contributed by atoms with Gasteiger partial charge in [0.05, 0.1) is 0 Å². The maximum Gasteiger partial charge on any atom is 0.339 e. The molecule has 0 aliphatic carbocycles. The zero-order valence-electron chi connectivity index (χ0n) is 12.1. The Bertz CT molecular complexity index is 576. The minimum Gasteiger partial charge on any atom is -0.483 e. The summed E-state index contributed by atoms with van der Waals surface area (Å²) in [5, 5.41) is 11.9. The molecule has 0 fully saturated rings. The molecule has 1 amide bonds. The number of carboxylic acids is 1.